The smallest absolute Gasteiger partial charge is 0.254 e. The average molecular weight is 372 g/mol. The van der Waals surface area contributed by atoms with Gasteiger partial charge >= 0.3 is 0 Å². The van der Waals surface area contributed by atoms with Crippen LogP contribution in [0.5, 0.6) is 0 Å². The fourth-order valence-corrected chi connectivity index (χ4v) is 5.15. The van der Waals surface area contributed by atoms with Gasteiger partial charge in [-0.1, -0.05) is 24.3 Å². The first-order valence-electron chi connectivity index (χ1n) is 9.87. The maximum atomic E-state index is 13.6. The van der Waals surface area contributed by atoms with E-state index in [9.17, 15) is 14.7 Å². The van der Waals surface area contributed by atoms with E-state index in [2.05, 4.69) is 0 Å². The minimum Gasteiger partial charge on any atom is -0.396 e. The molecule has 3 fully saturated rings. The van der Waals surface area contributed by atoms with E-state index in [1.54, 1.807) is 11.9 Å². The molecular weight excluding hydrogens is 344 g/mol. The van der Waals surface area contributed by atoms with Crippen LogP contribution in [-0.2, 0) is 14.3 Å². The van der Waals surface area contributed by atoms with Gasteiger partial charge in [0.25, 0.3) is 5.91 Å². The van der Waals surface area contributed by atoms with Crippen LogP contribution >= 0.6 is 0 Å². The zero-order valence-corrected chi connectivity index (χ0v) is 16.0. The van der Waals surface area contributed by atoms with Gasteiger partial charge in [-0.25, -0.2) is 0 Å². The van der Waals surface area contributed by atoms with Crippen LogP contribution in [0.1, 0.15) is 42.9 Å². The topological polar surface area (TPSA) is 70.1 Å². The number of nitrogens with zero attached hydrogens (tertiary/aromatic N) is 2. The summed E-state index contributed by atoms with van der Waals surface area (Å²) in [6, 6.07) is 7.82. The van der Waals surface area contributed by atoms with Crippen LogP contribution in [0, 0.1) is 12.8 Å². The van der Waals surface area contributed by atoms with Crippen LogP contribution in [-0.4, -0.2) is 65.2 Å². The number of aliphatic hydroxyl groups is 1. The molecule has 1 aromatic rings. The number of amides is 2. The minimum absolute atomic E-state index is 0.00788. The molecule has 0 spiro atoms. The van der Waals surface area contributed by atoms with Crippen LogP contribution < -0.4 is 0 Å². The molecule has 27 heavy (non-hydrogen) atoms. The first-order valence-corrected chi connectivity index (χ1v) is 9.87. The van der Waals surface area contributed by atoms with E-state index in [0.29, 0.717) is 0 Å². The molecule has 2 bridgehead atoms. The highest BCUT2D eigenvalue weighted by atomic mass is 16.5. The van der Waals surface area contributed by atoms with Crippen molar-refractivity contribution in [3.05, 3.63) is 35.4 Å². The molecule has 146 valence electrons. The molecule has 1 N–H and O–H groups in total. The summed E-state index contributed by atoms with van der Waals surface area (Å²) >= 11 is 0. The van der Waals surface area contributed by atoms with Crippen molar-refractivity contribution in [1.82, 2.24) is 9.80 Å². The van der Waals surface area contributed by atoms with Crippen molar-refractivity contribution in [1.29, 1.82) is 0 Å². The summed E-state index contributed by atoms with van der Waals surface area (Å²) < 4.78 is 5.84. The third kappa shape index (κ3) is 3.15. The van der Waals surface area contributed by atoms with Crippen molar-refractivity contribution in [2.45, 2.75) is 56.8 Å². The number of piperidine rings is 1. The summed E-state index contributed by atoms with van der Waals surface area (Å²) in [5.74, 6) is 0.177. The van der Waals surface area contributed by atoms with Gasteiger partial charge in [-0.2, -0.15) is 0 Å². The van der Waals surface area contributed by atoms with Crippen molar-refractivity contribution in [2.24, 2.45) is 5.92 Å². The van der Waals surface area contributed by atoms with Crippen molar-refractivity contribution < 1.29 is 19.4 Å². The van der Waals surface area contributed by atoms with E-state index in [0.717, 1.165) is 36.8 Å². The SMILES string of the molecule is Cc1ccccc1[C@@H]1[C@@H](C(=O)N2[C@@H]3CC[C@H]2CC(CO)C3)OCC(=O)N1C. The van der Waals surface area contributed by atoms with Gasteiger partial charge < -0.3 is 19.6 Å². The average Bonchev–Trinajstić information content (AvgIpc) is 2.93. The highest BCUT2D eigenvalue weighted by Crippen LogP contribution is 2.41. The number of benzene rings is 1. The molecule has 5 atom stereocenters. The lowest BCUT2D eigenvalue weighted by Gasteiger charge is -2.44. The fraction of sp³-hybridized carbons (Fsp3) is 0.619. The lowest BCUT2D eigenvalue weighted by Crippen LogP contribution is -2.57. The van der Waals surface area contributed by atoms with Crippen LogP contribution in [0.25, 0.3) is 0 Å². The molecule has 0 aromatic heterocycles. The third-order valence-corrected chi connectivity index (χ3v) is 6.58. The van der Waals surface area contributed by atoms with Gasteiger partial charge in [0.05, 0.1) is 6.04 Å². The number of carbonyl (C=O) groups excluding carboxylic acids is 2. The molecule has 4 rings (SSSR count). The van der Waals surface area contributed by atoms with Crippen molar-refractivity contribution in [3.8, 4) is 0 Å². The predicted octanol–water partition coefficient (Wildman–Crippen LogP) is 1.66. The number of morpholine rings is 1. The van der Waals surface area contributed by atoms with Gasteiger partial charge in [-0.05, 0) is 49.7 Å². The Morgan fingerprint density at radius 3 is 2.52 bits per heavy atom. The Hall–Kier alpha value is -1.92. The summed E-state index contributed by atoms with van der Waals surface area (Å²) in [7, 11) is 1.76. The van der Waals surface area contributed by atoms with Gasteiger partial charge in [-0.15, -0.1) is 0 Å². The number of ether oxygens (including phenoxy) is 1. The molecule has 0 aliphatic carbocycles. The lowest BCUT2D eigenvalue weighted by atomic mass is 9.89. The van der Waals surface area contributed by atoms with Crippen LogP contribution in [0.2, 0.25) is 0 Å². The standard InChI is InChI=1S/C21H28N2O4/c1-13-5-3-4-6-17(13)19-20(27-12-18(25)22(19)2)21(26)23-15-7-8-16(23)10-14(9-15)11-24/h3-6,14-16,19-20,24H,7-12H2,1-2H3/t14?,15-,16+,19-,20+/m1/s1. The number of likely N-dealkylation sites (N-methyl/N-ethyl adjacent to an activating group) is 1. The normalized spacial score (nSPS) is 33.4. The zero-order chi connectivity index (χ0) is 19.1. The summed E-state index contributed by atoms with van der Waals surface area (Å²) in [5, 5.41) is 9.54. The van der Waals surface area contributed by atoms with Crippen molar-refractivity contribution >= 4 is 11.8 Å². The highest BCUT2D eigenvalue weighted by Gasteiger charge is 2.49. The Kier molecular flexibility index (Phi) is 4.95. The summed E-state index contributed by atoms with van der Waals surface area (Å²) in [6.45, 7) is 2.13. The Labute approximate surface area is 160 Å². The molecule has 6 heteroatoms. The van der Waals surface area contributed by atoms with Gasteiger partial charge in [0.1, 0.15) is 6.61 Å². The van der Waals surface area contributed by atoms with Gasteiger partial charge in [0.15, 0.2) is 6.10 Å². The maximum Gasteiger partial charge on any atom is 0.254 e. The second kappa shape index (κ2) is 7.24. The second-order valence-electron chi connectivity index (χ2n) is 8.19. The van der Waals surface area contributed by atoms with E-state index in [-0.39, 0.29) is 43.0 Å². The van der Waals surface area contributed by atoms with E-state index < -0.39 is 12.1 Å². The molecule has 2 amide bonds. The van der Waals surface area contributed by atoms with E-state index in [1.165, 1.54) is 0 Å². The number of aryl methyl sites for hydroxylation is 1. The largest absolute Gasteiger partial charge is 0.396 e. The molecule has 3 heterocycles. The Balaban J connectivity index is 1.64. The summed E-state index contributed by atoms with van der Waals surface area (Å²) in [4.78, 5) is 29.5. The van der Waals surface area contributed by atoms with Crippen molar-refractivity contribution in [3.63, 3.8) is 0 Å². The van der Waals surface area contributed by atoms with Crippen molar-refractivity contribution in [2.75, 3.05) is 20.3 Å². The number of carbonyl (C=O) groups is 2. The number of rotatable bonds is 3. The lowest BCUT2D eigenvalue weighted by molar-refractivity contribution is -0.170. The second-order valence-corrected chi connectivity index (χ2v) is 8.19. The first kappa shape index (κ1) is 18.4. The molecule has 0 saturated carbocycles. The summed E-state index contributed by atoms with van der Waals surface area (Å²) in [5.41, 5.74) is 2.01. The Bertz CT molecular complexity index is 723. The number of aliphatic hydroxyl groups excluding tert-OH is 1. The number of fused-ring (bicyclic) bond motifs is 2. The molecule has 1 aromatic carbocycles. The van der Waals surface area contributed by atoms with Gasteiger partial charge in [0.2, 0.25) is 5.91 Å². The van der Waals surface area contributed by atoms with Crippen LogP contribution in [0.3, 0.4) is 0 Å². The predicted molar refractivity (Wildman–Crippen MR) is 99.9 cm³/mol. The molecule has 3 aliphatic heterocycles. The minimum atomic E-state index is -0.678. The van der Waals surface area contributed by atoms with E-state index in [1.807, 2.05) is 36.1 Å². The Morgan fingerprint density at radius 1 is 1.22 bits per heavy atom. The quantitative estimate of drug-likeness (QED) is 0.876. The number of hydrogen-bond donors (Lipinski definition) is 1. The molecule has 3 saturated heterocycles. The van der Waals surface area contributed by atoms with Crippen LogP contribution in [0.4, 0.5) is 0 Å². The third-order valence-electron chi connectivity index (χ3n) is 6.58. The molecule has 3 aliphatic rings. The van der Waals surface area contributed by atoms with Gasteiger partial charge in [0, 0.05) is 25.7 Å². The van der Waals surface area contributed by atoms with Crippen LogP contribution in [0.15, 0.2) is 24.3 Å². The zero-order valence-electron chi connectivity index (χ0n) is 16.0. The molecule has 0 radical (unpaired) electrons. The first-order chi connectivity index (χ1) is 13.0. The highest BCUT2D eigenvalue weighted by molar-refractivity contribution is 5.87. The molecule has 1 unspecified atom stereocenters. The van der Waals surface area contributed by atoms with E-state index in [4.69, 9.17) is 4.74 Å². The van der Waals surface area contributed by atoms with Gasteiger partial charge in [-0.3, -0.25) is 9.59 Å². The Morgan fingerprint density at radius 2 is 1.89 bits per heavy atom. The van der Waals surface area contributed by atoms with E-state index >= 15 is 0 Å². The fourth-order valence-electron chi connectivity index (χ4n) is 5.15. The monoisotopic (exact) mass is 372 g/mol. The number of hydrogen-bond acceptors (Lipinski definition) is 4. The summed E-state index contributed by atoms with van der Waals surface area (Å²) in [6.07, 6.45) is 3.01. The molecular formula is C21H28N2O4. The maximum absolute atomic E-state index is 13.6. The molecule has 6 nitrogen and oxygen atoms in total.